The first-order valence-electron chi connectivity index (χ1n) is 12.6. The third kappa shape index (κ3) is 6.07. The average Bonchev–Trinajstić information content (AvgIpc) is 3.25. The molecular formula is C26H27F4N7O3. The quantitative estimate of drug-likeness (QED) is 0.257. The minimum Gasteiger partial charge on any atom is -0.461 e. The Bertz CT molecular complexity index is 1550. The number of pyridine rings is 1. The van der Waals surface area contributed by atoms with Crippen molar-refractivity contribution in [2.75, 3.05) is 36.5 Å². The lowest BCUT2D eigenvalue weighted by Gasteiger charge is -2.38. The average molecular weight is 562 g/mol. The van der Waals surface area contributed by atoms with Crippen molar-refractivity contribution >= 4 is 33.8 Å². The molecule has 2 atom stereocenters. The van der Waals surface area contributed by atoms with Crippen LogP contribution >= 0.6 is 0 Å². The van der Waals surface area contributed by atoms with Gasteiger partial charge in [0.15, 0.2) is 11.5 Å². The Morgan fingerprint density at radius 3 is 2.62 bits per heavy atom. The molecule has 4 heterocycles. The highest BCUT2D eigenvalue weighted by molar-refractivity contribution is 6.13. The van der Waals surface area contributed by atoms with Gasteiger partial charge in [-0.1, -0.05) is 0 Å². The van der Waals surface area contributed by atoms with Crippen molar-refractivity contribution in [3.05, 3.63) is 53.9 Å². The molecule has 2 N–H and O–H groups in total. The number of hydrogen-bond acceptors (Lipinski definition) is 8. The highest BCUT2D eigenvalue weighted by Crippen LogP contribution is 2.31. The Morgan fingerprint density at radius 1 is 1.15 bits per heavy atom. The van der Waals surface area contributed by atoms with Gasteiger partial charge in [-0.05, 0) is 32.9 Å². The number of ether oxygens (including phenoxy) is 2. The standard InChI is InChI=1S/C26H27F4N7O3/c1-14-10-36(11-15(2)32-14)21-5-4-18(22-19(21)9-31-25(35-22)39-6-7-40-26(28,29)30)24(38)34-17-8-20(27)23-33-16(3)12-37(23)13-17/h4-5,8-9,12-15,32H,6-7,10-11H2,1-3H3,(H,34,38). The van der Waals surface area contributed by atoms with Gasteiger partial charge in [0.05, 0.1) is 29.1 Å². The molecule has 1 aromatic carbocycles. The number of aromatic nitrogens is 4. The number of imidazole rings is 1. The number of aryl methyl sites for hydroxylation is 1. The number of carbonyl (C=O) groups is 1. The fraction of sp³-hybridized carbons (Fsp3) is 0.385. The third-order valence-electron chi connectivity index (χ3n) is 6.31. The lowest BCUT2D eigenvalue weighted by atomic mass is 10.0. The van der Waals surface area contributed by atoms with Gasteiger partial charge >= 0.3 is 12.4 Å². The SMILES string of the molecule is Cc1cn2cc(NC(=O)c3ccc(N4CC(C)NC(C)C4)c4cnc(OCCOC(F)(F)F)nc34)cc(F)c2n1. The van der Waals surface area contributed by atoms with E-state index in [2.05, 4.69) is 49.1 Å². The molecule has 1 amide bonds. The van der Waals surface area contributed by atoms with E-state index in [0.717, 1.165) is 5.69 Å². The Kier molecular flexibility index (Phi) is 7.47. The summed E-state index contributed by atoms with van der Waals surface area (Å²) in [6, 6.07) is 4.76. The van der Waals surface area contributed by atoms with Crippen molar-refractivity contribution in [1.82, 2.24) is 24.7 Å². The molecule has 2 unspecified atom stereocenters. The van der Waals surface area contributed by atoms with Gasteiger partial charge in [-0.2, -0.15) is 4.98 Å². The smallest absolute Gasteiger partial charge is 0.461 e. The summed E-state index contributed by atoms with van der Waals surface area (Å²) in [5, 5.41) is 6.72. The summed E-state index contributed by atoms with van der Waals surface area (Å²) in [4.78, 5) is 28.2. The second-order valence-electron chi connectivity index (χ2n) is 9.71. The maximum atomic E-state index is 14.6. The van der Waals surface area contributed by atoms with Crippen LogP contribution in [0.4, 0.5) is 28.9 Å². The Labute approximate surface area is 226 Å². The molecule has 3 aromatic heterocycles. The van der Waals surface area contributed by atoms with Gasteiger partial charge in [-0.3, -0.25) is 9.53 Å². The highest BCUT2D eigenvalue weighted by atomic mass is 19.4. The third-order valence-corrected chi connectivity index (χ3v) is 6.31. The van der Waals surface area contributed by atoms with E-state index in [0.29, 0.717) is 24.2 Å². The first-order chi connectivity index (χ1) is 19.0. The number of halogens is 4. The number of nitrogens with one attached hydrogen (secondary N) is 2. The van der Waals surface area contributed by atoms with E-state index in [1.165, 1.54) is 16.7 Å². The maximum Gasteiger partial charge on any atom is 0.522 e. The minimum atomic E-state index is -4.79. The van der Waals surface area contributed by atoms with Crippen molar-refractivity contribution in [2.45, 2.75) is 39.2 Å². The number of amides is 1. The van der Waals surface area contributed by atoms with Gasteiger partial charge in [-0.15, -0.1) is 13.2 Å². The summed E-state index contributed by atoms with van der Waals surface area (Å²) in [6.45, 7) is 6.04. The van der Waals surface area contributed by atoms with Crippen LogP contribution < -0.4 is 20.3 Å². The summed E-state index contributed by atoms with van der Waals surface area (Å²) in [5.74, 6) is -1.17. The van der Waals surface area contributed by atoms with Crippen molar-refractivity contribution in [3.63, 3.8) is 0 Å². The molecule has 0 aliphatic carbocycles. The van der Waals surface area contributed by atoms with Crippen LogP contribution in [-0.4, -0.2) is 70.0 Å². The molecule has 0 bridgehead atoms. The monoisotopic (exact) mass is 561 g/mol. The summed E-state index contributed by atoms with van der Waals surface area (Å²) in [7, 11) is 0. The van der Waals surface area contributed by atoms with E-state index >= 15 is 0 Å². The van der Waals surface area contributed by atoms with Crippen molar-refractivity contribution < 1.29 is 31.8 Å². The van der Waals surface area contributed by atoms with E-state index < -0.39 is 31.3 Å². The number of fused-ring (bicyclic) bond motifs is 2. The molecule has 1 saturated heterocycles. The molecule has 0 saturated carbocycles. The van der Waals surface area contributed by atoms with Crippen LogP contribution in [0.3, 0.4) is 0 Å². The molecule has 1 aliphatic rings. The van der Waals surface area contributed by atoms with Crippen molar-refractivity contribution in [3.8, 4) is 6.01 Å². The van der Waals surface area contributed by atoms with Crippen molar-refractivity contribution in [1.29, 1.82) is 0 Å². The number of benzene rings is 1. The number of alkyl halides is 3. The summed E-state index contributed by atoms with van der Waals surface area (Å²) in [5.41, 5.74) is 2.12. The van der Waals surface area contributed by atoms with Crippen LogP contribution in [-0.2, 0) is 4.74 Å². The molecule has 0 radical (unpaired) electrons. The topological polar surface area (TPSA) is 106 Å². The van der Waals surface area contributed by atoms with Gasteiger partial charge in [0.2, 0.25) is 0 Å². The molecule has 1 fully saturated rings. The zero-order valence-electron chi connectivity index (χ0n) is 21.9. The van der Waals surface area contributed by atoms with Crippen LogP contribution in [0.25, 0.3) is 16.6 Å². The van der Waals surface area contributed by atoms with E-state index in [1.54, 1.807) is 31.5 Å². The summed E-state index contributed by atoms with van der Waals surface area (Å²) in [6.07, 6.45) is -0.136. The predicted octanol–water partition coefficient (Wildman–Crippen LogP) is 4.08. The largest absolute Gasteiger partial charge is 0.522 e. The van der Waals surface area contributed by atoms with E-state index in [4.69, 9.17) is 4.74 Å². The number of carbonyl (C=O) groups excluding carboxylic acids is 1. The lowest BCUT2D eigenvalue weighted by molar-refractivity contribution is -0.325. The zero-order valence-corrected chi connectivity index (χ0v) is 21.9. The molecule has 1 aliphatic heterocycles. The van der Waals surface area contributed by atoms with Gasteiger partial charge in [0.25, 0.3) is 5.91 Å². The van der Waals surface area contributed by atoms with Crippen molar-refractivity contribution in [2.24, 2.45) is 0 Å². The Balaban J connectivity index is 1.48. The Morgan fingerprint density at radius 2 is 1.90 bits per heavy atom. The number of hydrogen-bond donors (Lipinski definition) is 2. The summed E-state index contributed by atoms with van der Waals surface area (Å²) < 4.78 is 62.0. The normalized spacial score (nSPS) is 17.9. The fourth-order valence-corrected chi connectivity index (χ4v) is 4.88. The first kappa shape index (κ1) is 27.5. The second-order valence-corrected chi connectivity index (χ2v) is 9.71. The molecule has 212 valence electrons. The van der Waals surface area contributed by atoms with Gasteiger partial charge in [-0.25, -0.2) is 14.4 Å². The van der Waals surface area contributed by atoms with E-state index in [9.17, 15) is 22.4 Å². The van der Waals surface area contributed by atoms with Crippen LogP contribution in [0, 0.1) is 12.7 Å². The van der Waals surface area contributed by atoms with Gasteiger partial charge in [0.1, 0.15) is 6.61 Å². The number of rotatable bonds is 7. The second kappa shape index (κ2) is 10.8. The van der Waals surface area contributed by atoms with Crippen LogP contribution in [0.5, 0.6) is 6.01 Å². The Hall–Kier alpha value is -4.04. The van der Waals surface area contributed by atoms with E-state index in [-0.39, 0.29) is 40.5 Å². The predicted molar refractivity (Wildman–Crippen MR) is 139 cm³/mol. The molecule has 0 spiro atoms. The van der Waals surface area contributed by atoms with Crippen LogP contribution in [0.15, 0.2) is 36.8 Å². The molecule has 5 rings (SSSR count). The van der Waals surface area contributed by atoms with Gasteiger partial charge in [0, 0.05) is 60.9 Å². The molecule has 14 heteroatoms. The highest BCUT2D eigenvalue weighted by Gasteiger charge is 2.29. The first-order valence-corrected chi connectivity index (χ1v) is 12.6. The summed E-state index contributed by atoms with van der Waals surface area (Å²) >= 11 is 0. The number of piperazine rings is 1. The number of anilines is 2. The molecular weight excluding hydrogens is 534 g/mol. The molecule has 4 aromatic rings. The van der Waals surface area contributed by atoms with Gasteiger partial charge < -0.3 is 24.7 Å². The van der Waals surface area contributed by atoms with Crippen LogP contribution in [0.1, 0.15) is 29.9 Å². The lowest BCUT2D eigenvalue weighted by Crippen LogP contribution is -2.54. The minimum absolute atomic E-state index is 0.133. The molecule has 10 nitrogen and oxygen atoms in total. The van der Waals surface area contributed by atoms with Crippen LogP contribution in [0.2, 0.25) is 0 Å². The number of nitrogens with zero attached hydrogens (tertiary/aromatic N) is 5. The zero-order chi connectivity index (χ0) is 28.6. The maximum absolute atomic E-state index is 14.6. The molecule has 40 heavy (non-hydrogen) atoms. The fourth-order valence-electron chi connectivity index (χ4n) is 4.88. The van der Waals surface area contributed by atoms with E-state index in [1.807, 2.05) is 0 Å².